The van der Waals surface area contributed by atoms with Crippen LogP contribution in [0.4, 0.5) is 5.82 Å². The Hall–Kier alpha value is -1.95. The van der Waals surface area contributed by atoms with Gasteiger partial charge in [0, 0.05) is 54.5 Å². The van der Waals surface area contributed by atoms with Crippen molar-refractivity contribution >= 4 is 5.82 Å². The molecule has 0 bridgehead atoms. The zero-order chi connectivity index (χ0) is 16.8. The lowest BCUT2D eigenvalue weighted by Crippen LogP contribution is -2.35. The monoisotopic (exact) mass is 326 g/mol. The first kappa shape index (κ1) is 15.6. The van der Waals surface area contributed by atoms with E-state index in [9.17, 15) is 0 Å². The van der Waals surface area contributed by atoms with Crippen LogP contribution in [-0.4, -0.2) is 33.3 Å². The summed E-state index contributed by atoms with van der Waals surface area (Å²) in [5, 5.41) is 7.36. The molecule has 2 aliphatic carbocycles. The molecule has 2 saturated carbocycles. The number of aryl methyl sites for hydroxylation is 2. The summed E-state index contributed by atoms with van der Waals surface area (Å²) >= 11 is 0. The summed E-state index contributed by atoms with van der Waals surface area (Å²) < 4.78 is 0. The van der Waals surface area contributed by atoms with Crippen molar-refractivity contribution in [1.82, 2.24) is 20.2 Å². The molecule has 0 atom stereocenters. The Morgan fingerprint density at radius 3 is 2.54 bits per heavy atom. The minimum atomic E-state index is 0.340. The standard InChI is InChI=1S/C18H26N6/c1-10-15(11(2)23-22-10)9-24(3)17-8-16(13-6-14(19)7-13)20-18(21-17)12-4-5-12/h8,12-14H,4-7,9,19H2,1-3H3,(H,22,23). The van der Waals surface area contributed by atoms with Crippen molar-refractivity contribution in [2.45, 2.75) is 64.0 Å². The molecule has 0 spiro atoms. The van der Waals surface area contributed by atoms with Gasteiger partial charge in [-0.05, 0) is 39.5 Å². The van der Waals surface area contributed by atoms with Crippen molar-refractivity contribution < 1.29 is 0 Å². The fraction of sp³-hybridized carbons (Fsp3) is 0.611. The van der Waals surface area contributed by atoms with Crippen LogP contribution in [0.3, 0.4) is 0 Å². The minimum Gasteiger partial charge on any atom is -0.355 e. The number of nitrogens with one attached hydrogen (secondary N) is 1. The number of aromatic nitrogens is 4. The lowest BCUT2D eigenvalue weighted by Gasteiger charge is -2.32. The summed E-state index contributed by atoms with van der Waals surface area (Å²) in [4.78, 5) is 11.9. The number of nitrogens with two attached hydrogens (primary N) is 1. The molecule has 0 aromatic carbocycles. The molecule has 0 unspecified atom stereocenters. The van der Waals surface area contributed by atoms with Crippen LogP contribution in [-0.2, 0) is 6.54 Å². The quantitative estimate of drug-likeness (QED) is 0.882. The van der Waals surface area contributed by atoms with E-state index >= 15 is 0 Å². The van der Waals surface area contributed by atoms with Crippen molar-refractivity contribution in [2.24, 2.45) is 5.73 Å². The highest BCUT2D eigenvalue weighted by molar-refractivity contribution is 5.43. The number of aromatic amines is 1. The van der Waals surface area contributed by atoms with Gasteiger partial charge in [-0.15, -0.1) is 0 Å². The predicted molar refractivity (Wildman–Crippen MR) is 94.1 cm³/mol. The molecule has 24 heavy (non-hydrogen) atoms. The van der Waals surface area contributed by atoms with Gasteiger partial charge in [0.2, 0.25) is 0 Å². The third-order valence-corrected chi connectivity index (χ3v) is 5.35. The number of hydrogen-bond donors (Lipinski definition) is 2. The lowest BCUT2D eigenvalue weighted by molar-refractivity contribution is 0.344. The van der Waals surface area contributed by atoms with Crippen LogP contribution < -0.4 is 10.6 Å². The summed E-state index contributed by atoms with van der Waals surface area (Å²) in [7, 11) is 2.10. The maximum Gasteiger partial charge on any atom is 0.134 e. The van der Waals surface area contributed by atoms with E-state index in [2.05, 4.69) is 35.1 Å². The normalized spacial score (nSPS) is 23.2. The van der Waals surface area contributed by atoms with Gasteiger partial charge in [-0.1, -0.05) is 0 Å². The Balaban J connectivity index is 1.61. The average molecular weight is 326 g/mol. The number of nitrogens with zero attached hydrogens (tertiary/aromatic N) is 4. The maximum atomic E-state index is 5.97. The molecule has 0 amide bonds. The fourth-order valence-electron chi connectivity index (χ4n) is 3.43. The van der Waals surface area contributed by atoms with E-state index in [0.29, 0.717) is 17.9 Å². The zero-order valence-electron chi connectivity index (χ0n) is 14.7. The predicted octanol–water partition coefficient (Wildman–Crippen LogP) is 2.54. The van der Waals surface area contributed by atoms with Gasteiger partial charge in [0.1, 0.15) is 11.6 Å². The number of rotatable bonds is 5. The lowest BCUT2D eigenvalue weighted by atomic mass is 9.78. The van der Waals surface area contributed by atoms with E-state index in [0.717, 1.165) is 42.4 Å². The van der Waals surface area contributed by atoms with Crippen molar-refractivity contribution in [3.8, 4) is 0 Å². The molecule has 128 valence electrons. The molecule has 6 nitrogen and oxygen atoms in total. The number of H-pyrrole nitrogens is 1. The smallest absolute Gasteiger partial charge is 0.134 e. The van der Waals surface area contributed by atoms with E-state index in [1.807, 2.05) is 6.92 Å². The molecule has 0 saturated heterocycles. The van der Waals surface area contributed by atoms with E-state index < -0.39 is 0 Å². The van der Waals surface area contributed by atoms with Gasteiger partial charge in [-0.3, -0.25) is 5.10 Å². The number of anilines is 1. The summed E-state index contributed by atoms with van der Waals surface area (Å²) in [6.45, 7) is 4.92. The minimum absolute atomic E-state index is 0.340. The van der Waals surface area contributed by atoms with E-state index in [4.69, 9.17) is 15.7 Å². The second kappa shape index (κ2) is 5.84. The Morgan fingerprint density at radius 1 is 1.21 bits per heavy atom. The fourth-order valence-corrected chi connectivity index (χ4v) is 3.43. The van der Waals surface area contributed by atoms with Gasteiger partial charge in [0.25, 0.3) is 0 Å². The van der Waals surface area contributed by atoms with Crippen LogP contribution in [0.1, 0.15) is 66.0 Å². The third-order valence-electron chi connectivity index (χ3n) is 5.35. The molecule has 2 heterocycles. The Kier molecular flexibility index (Phi) is 3.79. The van der Waals surface area contributed by atoms with Crippen molar-refractivity contribution in [1.29, 1.82) is 0 Å². The highest BCUT2D eigenvalue weighted by Crippen LogP contribution is 2.41. The van der Waals surface area contributed by atoms with Crippen LogP contribution in [0.15, 0.2) is 6.07 Å². The van der Waals surface area contributed by atoms with E-state index in [-0.39, 0.29) is 0 Å². The van der Waals surface area contributed by atoms with Crippen LogP contribution in [0.5, 0.6) is 0 Å². The van der Waals surface area contributed by atoms with Crippen molar-refractivity contribution in [3.63, 3.8) is 0 Å². The van der Waals surface area contributed by atoms with Gasteiger partial charge in [0.05, 0.1) is 5.69 Å². The highest BCUT2D eigenvalue weighted by Gasteiger charge is 2.32. The summed E-state index contributed by atoms with van der Waals surface area (Å²) in [6, 6.07) is 2.50. The van der Waals surface area contributed by atoms with Crippen LogP contribution in [0.25, 0.3) is 0 Å². The SMILES string of the molecule is Cc1n[nH]c(C)c1CN(C)c1cc(C2CC(N)C2)nc(C2CC2)n1. The third kappa shape index (κ3) is 2.90. The van der Waals surface area contributed by atoms with Crippen molar-refractivity contribution in [2.75, 3.05) is 11.9 Å². The molecule has 2 aromatic rings. The van der Waals surface area contributed by atoms with E-state index in [1.54, 1.807) is 0 Å². The van der Waals surface area contributed by atoms with Gasteiger partial charge in [-0.2, -0.15) is 5.10 Å². The first-order valence-corrected chi connectivity index (χ1v) is 8.87. The van der Waals surface area contributed by atoms with Crippen molar-refractivity contribution in [3.05, 3.63) is 34.5 Å². The molecule has 6 heteroatoms. The molecule has 2 aliphatic rings. The molecule has 2 aromatic heterocycles. The molecule has 2 fully saturated rings. The molecule has 0 radical (unpaired) electrons. The first-order chi connectivity index (χ1) is 11.5. The van der Waals surface area contributed by atoms with Crippen LogP contribution in [0, 0.1) is 13.8 Å². The maximum absolute atomic E-state index is 5.97. The number of hydrogen-bond acceptors (Lipinski definition) is 5. The second-order valence-electron chi connectivity index (χ2n) is 7.48. The van der Waals surface area contributed by atoms with Gasteiger partial charge in [-0.25, -0.2) is 9.97 Å². The Labute approximate surface area is 142 Å². The summed E-state index contributed by atoms with van der Waals surface area (Å²) in [5.74, 6) is 3.10. The zero-order valence-corrected chi connectivity index (χ0v) is 14.7. The van der Waals surface area contributed by atoms with Gasteiger partial charge in [0.15, 0.2) is 0 Å². The molecule has 4 rings (SSSR count). The summed E-state index contributed by atoms with van der Waals surface area (Å²) in [6.07, 6.45) is 4.53. The van der Waals surface area contributed by atoms with E-state index in [1.165, 1.54) is 24.1 Å². The second-order valence-corrected chi connectivity index (χ2v) is 7.48. The van der Waals surface area contributed by atoms with Gasteiger partial charge < -0.3 is 10.6 Å². The van der Waals surface area contributed by atoms with Crippen LogP contribution >= 0.6 is 0 Å². The largest absolute Gasteiger partial charge is 0.355 e. The average Bonchev–Trinajstić information content (AvgIpc) is 3.34. The topological polar surface area (TPSA) is 83.7 Å². The van der Waals surface area contributed by atoms with Gasteiger partial charge >= 0.3 is 0 Å². The van der Waals surface area contributed by atoms with Crippen LogP contribution in [0.2, 0.25) is 0 Å². The Morgan fingerprint density at radius 2 is 1.96 bits per heavy atom. The molecular weight excluding hydrogens is 300 g/mol. The molecule has 0 aliphatic heterocycles. The summed E-state index contributed by atoms with van der Waals surface area (Å²) in [5.41, 5.74) is 10.6. The first-order valence-electron chi connectivity index (χ1n) is 8.87. The highest BCUT2D eigenvalue weighted by atomic mass is 15.2. The molecule has 3 N–H and O–H groups in total. The Bertz CT molecular complexity index is 722. The molecular formula is C18H26N6.